The molecule has 2 fully saturated rings. The van der Waals surface area contributed by atoms with Crippen molar-refractivity contribution in [1.29, 1.82) is 0 Å². The highest BCUT2D eigenvalue weighted by Gasteiger charge is 2.26. The van der Waals surface area contributed by atoms with Gasteiger partial charge in [0.25, 0.3) is 5.69 Å². The molecule has 2 heterocycles. The second-order valence-corrected chi connectivity index (χ2v) is 6.41. The number of nitro benzene ring substituents is 1. The summed E-state index contributed by atoms with van der Waals surface area (Å²) in [5.74, 6) is 0. The van der Waals surface area contributed by atoms with Crippen molar-refractivity contribution in [2.45, 2.75) is 19.0 Å². The molecule has 1 aromatic carbocycles. The summed E-state index contributed by atoms with van der Waals surface area (Å²) in [6.45, 7) is 4.67. The van der Waals surface area contributed by atoms with Crippen molar-refractivity contribution < 1.29 is 9.31 Å². The number of anilines is 2. The van der Waals surface area contributed by atoms with Gasteiger partial charge in [-0.15, -0.1) is 0 Å². The van der Waals surface area contributed by atoms with Gasteiger partial charge in [-0.1, -0.05) is 0 Å². The van der Waals surface area contributed by atoms with E-state index in [9.17, 15) is 14.5 Å². The van der Waals surface area contributed by atoms with E-state index in [0.29, 0.717) is 18.7 Å². The highest BCUT2D eigenvalue weighted by molar-refractivity contribution is 5.70. The van der Waals surface area contributed by atoms with Gasteiger partial charge >= 0.3 is 0 Å². The lowest BCUT2D eigenvalue weighted by Gasteiger charge is -2.35. The molecule has 6 nitrogen and oxygen atoms in total. The fourth-order valence-corrected chi connectivity index (χ4v) is 3.32. The molecule has 0 bridgehead atoms. The molecule has 7 heteroatoms. The Morgan fingerprint density at radius 1 is 1.17 bits per heavy atom. The summed E-state index contributed by atoms with van der Waals surface area (Å²) >= 11 is 0. The van der Waals surface area contributed by atoms with E-state index in [1.165, 1.54) is 0 Å². The Morgan fingerprint density at radius 3 is 2.57 bits per heavy atom. The Labute approximate surface area is 135 Å². The number of piperazine rings is 1. The Balaban J connectivity index is 1.88. The summed E-state index contributed by atoms with van der Waals surface area (Å²) in [5.41, 5.74) is 1.60. The molecule has 23 heavy (non-hydrogen) atoms. The van der Waals surface area contributed by atoms with Gasteiger partial charge in [0.15, 0.2) is 0 Å². The first-order valence-corrected chi connectivity index (χ1v) is 8.15. The average molecular weight is 322 g/mol. The Hall–Kier alpha value is -1.89. The van der Waals surface area contributed by atoms with Crippen molar-refractivity contribution >= 4 is 17.1 Å². The monoisotopic (exact) mass is 322 g/mol. The van der Waals surface area contributed by atoms with Crippen LogP contribution in [-0.2, 0) is 0 Å². The summed E-state index contributed by atoms with van der Waals surface area (Å²) in [6.07, 6.45) is 0.370. The lowest BCUT2D eigenvalue weighted by molar-refractivity contribution is -0.384. The SMILES string of the molecule is CN1CCN(c2ccc([N+](=O)[O-])c(N3CCCC(F)C3)c2)CC1. The van der Waals surface area contributed by atoms with Crippen LogP contribution in [0.3, 0.4) is 0 Å². The minimum atomic E-state index is -0.907. The number of nitro groups is 1. The van der Waals surface area contributed by atoms with Crippen molar-refractivity contribution in [2.75, 3.05) is 56.1 Å². The topological polar surface area (TPSA) is 52.9 Å². The molecule has 2 aliphatic rings. The van der Waals surface area contributed by atoms with Gasteiger partial charge in [0.1, 0.15) is 11.9 Å². The van der Waals surface area contributed by atoms with E-state index in [1.807, 2.05) is 17.0 Å². The zero-order chi connectivity index (χ0) is 16.4. The fourth-order valence-electron chi connectivity index (χ4n) is 3.32. The molecule has 2 saturated heterocycles. The van der Waals surface area contributed by atoms with Gasteiger partial charge in [0.05, 0.1) is 4.92 Å². The molecule has 0 saturated carbocycles. The van der Waals surface area contributed by atoms with Gasteiger partial charge in [0.2, 0.25) is 0 Å². The first kappa shape index (κ1) is 16.0. The van der Waals surface area contributed by atoms with Crippen LogP contribution in [0, 0.1) is 10.1 Å². The van der Waals surface area contributed by atoms with E-state index in [2.05, 4.69) is 16.8 Å². The number of likely N-dealkylation sites (N-methyl/N-ethyl adjacent to an activating group) is 1. The molecule has 2 aliphatic heterocycles. The van der Waals surface area contributed by atoms with Gasteiger partial charge in [-0.3, -0.25) is 10.1 Å². The Kier molecular flexibility index (Phi) is 4.66. The number of hydrogen-bond acceptors (Lipinski definition) is 5. The van der Waals surface area contributed by atoms with Crippen molar-refractivity contribution in [2.24, 2.45) is 0 Å². The Morgan fingerprint density at radius 2 is 1.91 bits per heavy atom. The highest BCUT2D eigenvalue weighted by Crippen LogP contribution is 2.34. The molecule has 0 radical (unpaired) electrons. The van der Waals surface area contributed by atoms with Crippen molar-refractivity contribution in [3.05, 3.63) is 28.3 Å². The van der Waals surface area contributed by atoms with Gasteiger partial charge in [0, 0.05) is 51.0 Å². The van der Waals surface area contributed by atoms with Gasteiger partial charge in [-0.05, 0) is 32.0 Å². The van der Waals surface area contributed by atoms with E-state index in [4.69, 9.17) is 0 Å². The number of halogens is 1. The highest BCUT2D eigenvalue weighted by atomic mass is 19.1. The predicted molar refractivity (Wildman–Crippen MR) is 89.1 cm³/mol. The second kappa shape index (κ2) is 6.70. The number of alkyl halides is 1. The standard InChI is InChI=1S/C16H23FN4O2/c1-18-7-9-19(10-8-18)14-4-5-15(21(22)23)16(11-14)20-6-2-3-13(17)12-20/h4-5,11,13H,2-3,6-10,12H2,1H3. The lowest BCUT2D eigenvalue weighted by Crippen LogP contribution is -2.44. The average Bonchev–Trinajstić information content (AvgIpc) is 2.55. The normalized spacial score (nSPS) is 23.1. The molecule has 3 rings (SSSR count). The van der Waals surface area contributed by atoms with Crippen LogP contribution >= 0.6 is 0 Å². The minimum Gasteiger partial charge on any atom is -0.369 e. The maximum atomic E-state index is 13.7. The van der Waals surface area contributed by atoms with E-state index in [0.717, 1.165) is 38.3 Å². The van der Waals surface area contributed by atoms with Crippen LogP contribution in [0.4, 0.5) is 21.5 Å². The van der Waals surface area contributed by atoms with E-state index in [1.54, 1.807) is 6.07 Å². The predicted octanol–water partition coefficient (Wildman–Crippen LogP) is 2.28. The third kappa shape index (κ3) is 3.55. The molecule has 0 aliphatic carbocycles. The van der Waals surface area contributed by atoms with Crippen LogP contribution in [0.2, 0.25) is 0 Å². The molecular weight excluding hydrogens is 299 g/mol. The number of benzene rings is 1. The molecule has 1 atom stereocenters. The molecule has 0 amide bonds. The molecule has 126 valence electrons. The minimum absolute atomic E-state index is 0.0666. The van der Waals surface area contributed by atoms with Crippen molar-refractivity contribution in [1.82, 2.24) is 4.90 Å². The summed E-state index contributed by atoms with van der Waals surface area (Å²) < 4.78 is 13.7. The number of hydrogen-bond donors (Lipinski definition) is 0. The quantitative estimate of drug-likeness (QED) is 0.631. The largest absolute Gasteiger partial charge is 0.369 e. The first-order valence-electron chi connectivity index (χ1n) is 8.15. The first-order chi connectivity index (χ1) is 11.0. The second-order valence-electron chi connectivity index (χ2n) is 6.41. The summed E-state index contributed by atoms with van der Waals surface area (Å²) in [6, 6.07) is 5.23. The van der Waals surface area contributed by atoms with Crippen LogP contribution in [0.5, 0.6) is 0 Å². The lowest BCUT2D eigenvalue weighted by atomic mass is 10.1. The number of rotatable bonds is 3. The van der Waals surface area contributed by atoms with Gasteiger partial charge < -0.3 is 14.7 Å². The summed E-state index contributed by atoms with van der Waals surface area (Å²) in [7, 11) is 2.09. The van der Waals surface area contributed by atoms with Crippen LogP contribution in [0.1, 0.15) is 12.8 Å². The van der Waals surface area contributed by atoms with E-state index < -0.39 is 6.17 Å². The molecular formula is C16H23FN4O2. The van der Waals surface area contributed by atoms with E-state index >= 15 is 0 Å². The number of piperidine rings is 1. The maximum Gasteiger partial charge on any atom is 0.292 e. The van der Waals surface area contributed by atoms with Crippen LogP contribution in [-0.4, -0.2) is 62.3 Å². The molecule has 0 aromatic heterocycles. The van der Waals surface area contributed by atoms with Crippen molar-refractivity contribution in [3.8, 4) is 0 Å². The molecule has 0 N–H and O–H groups in total. The van der Waals surface area contributed by atoms with E-state index in [-0.39, 0.29) is 17.2 Å². The smallest absolute Gasteiger partial charge is 0.292 e. The zero-order valence-electron chi connectivity index (χ0n) is 13.4. The third-order valence-electron chi connectivity index (χ3n) is 4.73. The molecule has 0 spiro atoms. The van der Waals surface area contributed by atoms with Gasteiger partial charge in [-0.25, -0.2) is 4.39 Å². The molecule has 1 aromatic rings. The number of nitrogens with zero attached hydrogens (tertiary/aromatic N) is 4. The van der Waals surface area contributed by atoms with Crippen LogP contribution in [0.25, 0.3) is 0 Å². The maximum absolute atomic E-state index is 13.7. The zero-order valence-corrected chi connectivity index (χ0v) is 13.4. The molecule has 1 unspecified atom stereocenters. The summed E-state index contributed by atoms with van der Waals surface area (Å²) in [4.78, 5) is 17.3. The van der Waals surface area contributed by atoms with Gasteiger partial charge in [-0.2, -0.15) is 0 Å². The fraction of sp³-hybridized carbons (Fsp3) is 0.625. The van der Waals surface area contributed by atoms with Crippen molar-refractivity contribution in [3.63, 3.8) is 0 Å². The van der Waals surface area contributed by atoms with Crippen LogP contribution in [0.15, 0.2) is 18.2 Å². The van der Waals surface area contributed by atoms with Crippen LogP contribution < -0.4 is 9.80 Å². The Bertz CT molecular complexity index is 575. The summed E-state index contributed by atoms with van der Waals surface area (Å²) in [5, 5.41) is 11.3. The third-order valence-corrected chi connectivity index (χ3v) is 4.73.